The van der Waals surface area contributed by atoms with E-state index in [1.54, 1.807) is 119 Å². The molecule has 0 bridgehead atoms. The van der Waals surface area contributed by atoms with Crippen molar-refractivity contribution in [3.63, 3.8) is 0 Å². The summed E-state index contributed by atoms with van der Waals surface area (Å²) in [5.41, 5.74) is -1.31. The fraction of sp³-hybridized carbons (Fsp3) is 0.534. The number of benzene rings is 4. The number of nitrogens with zero attached hydrogens (tertiary/aromatic N) is 4. The van der Waals surface area contributed by atoms with Gasteiger partial charge in [-0.25, -0.2) is 50.3 Å². The van der Waals surface area contributed by atoms with Crippen LogP contribution in [-0.2, 0) is 91.6 Å². The zero-order valence-corrected chi connectivity index (χ0v) is 70.6. The van der Waals surface area contributed by atoms with Gasteiger partial charge >= 0.3 is 36.2 Å². The normalized spacial score (nSPS) is 15.8. The van der Waals surface area contributed by atoms with Crippen LogP contribution in [0, 0.1) is 5.92 Å². The first-order valence-electron chi connectivity index (χ1n) is 34.5. The number of hydrogen-bond acceptors (Lipinski definition) is 28. The van der Waals surface area contributed by atoms with Crippen molar-refractivity contribution in [2.75, 3.05) is 101 Å². The first-order chi connectivity index (χ1) is 50.9. The van der Waals surface area contributed by atoms with Crippen LogP contribution in [0.3, 0.4) is 0 Å². The number of carbonyl (C=O) groups excluding carboxylic acids is 12. The Labute approximate surface area is 661 Å². The van der Waals surface area contributed by atoms with E-state index in [0.29, 0.717) is 10.8 Å². The maximum absolute atomic E-state index is 13.9. The van der Waals surface area contributed by atoms with E-state index in [4.69, 9.17) is 28.4 Å². The van der Waals surface area contributed by atoms with Gasteiger partial charge in [0, 0.05) is 122 Å². The van der Waals surface area contributed by atoms with Gasteiger partial charge in [-0.3, -0.25) is 43.4 Å². The number of ether oxygens (including phenoxy) is 6. The third-order valence-electron chi connectivity index (χ3n) is 15.2. The van der Waals surface area contributed by atoms with Gasteiger partial charge < -0.3 is 54.2 Å². The highest BCUT2D eigenvalue weighted by molar-refractivity contribution is 8.05. The number of methoxy groups -OCH3 is 2. The highest BCUT2D eigenvalue weighted by atomic mass is 32.2. The summed E-state index contributed by atoms with van der Waals surface area (Å²) < 4.78 is 88.8. The molecule has 2 heterocycles. The molecule has 2 aliphatic rings. The number of rotatable bonds is 31. The lowest BCUT2D eigenvalue weighted by atomic mass is 10.0. The summed E-state index contributed by atoms with van der Waals surface area (Å²) in [5, 5.41) is 7.61. The predicted octanol–water partition coefficient (Wildman–Crippen LogP) is 7.39. The summed E-state index contributed by atoms with van der Waals surface area (Å²) >= 11 is 6.76. The second-order valence-electron chi connectivity index (χ2n) is 29.3. The van der Waals surface area contributed by atoms with Crippen LogP contribution >= 0.6 is 47.9 Å². The molecule has 0 radical (unpaired) electrons. The minimum atomic E-state index is -4.11. The van der Waals surface area contributed by atoms with E-state index in [-0.39, 0.29) is 81.9 Å². The van der Waals surface area contributed by atoms with Crippen molar-refractivity contribution in [3.05, 3.63) is 83.8 Å². The van der Waals surface area contributed by atoms with Crippen LogP contribution in [0.25, 0.3) is 21.5 Å². The lowest BCUT2D eigenvalue weighted by molar-refractivity contribution is -0.157. The van der Waals surface area contributed by atoms with Crippen LogP contribution < -0.4 is 35.2 Å². The molecule has 7 amide bonds. The standard InChI is InChI=1S/C37H52N4O11S3.C27H34N4O8S2.C9H17NO3S/c1-22(42)23(19-29(43)51-36(2,3)4)20-53-30-31(54-21-26(34(46)50-10)39-35(47)52-37(5,6)7)33(45)41(32(30)44)18-17-38-55(48,49)28-16-12-13-24-25(28)14-11-15-27(24)40(8)9;1-27(2,3)39-26(35)29-19(25(34)38-6)16-40-21-15-23(32)31(24(21)33)14-13-28-41(36,37)22-12-8-9-17-18(22)10-7-11-20(17)30(4)5;1-6(11)7(5-14)10-8(12)13-9(2,3)4/h11-16,23,26,30-31,38H,17-21H2,1-10H3,(H,39,47);7-12,15,19,28H,13-14,16H2,1-6H3,(H,29,35);7,14H,5H2,1-4H3,(H,10,12)/t23-,26-,30?,31?;19-;7-/m000/s1. The smallest absolute Gasteiger partial charge is 0.408 e. The molecule has 6 rings (SSSR count). The van der Waals surface area contributed by atoms with E-state index in [1.807, 2.05) is 62.3 Å². The van der Waals surface area contributed by atoms with Crippen LogP contribution in [0.2, 0.25) is 0 Å². The SMILES string of the molecule is CC(=O)[C@H](CS)NC(=O)OC(C)(C)C.COC(=O)[C@H](CSC1=CC(=O)N(CCNS(=O)(=O)c2cccc3c(N(C)C)cccc23)C1=O)NC(=O)OC(C)(C)C.COC(=O)[C@H](CSC1C(=O)N(CCNS(=O)(=O)c2cccc3c(N(C)C)cccc23)C(=O)C1SC[C@H](CC(=O)OC(C)(C)C)C(C)=O)NC(=O)OC(C)(C)C. The van der Waals surface area contributed by atoms with E-state index in [1.165, 1.54) is 26.0 Å². The maximum Gasteiger partial charge on any atom is 0.408 e. The number of nitrogens with one attached hydrogen (secondary N) is 5. The second kappa shape index (κ2) is 40.8. The highest BCUT2D eigenvalue weighted by Gasteiger charge is 2.49. The van der Waals surface area contributed by atoms with Crippen molar-refractivity contribution in [1.82, 2.24) is 35.2 Å². The minimum Gasteiger partial charge on any atom is -0.467 e. The van der Waals surface area contributed by atoms with Gasteiger partial charge in [0.1, 0.15) is 50.8 Å². The quantitative estimate of drug-likeness (QED) is 0.0124. The number of esters is 3. The Morgan fingerprint density at radius 3 is 1.25 bits per heavy atom. The molecular weight excluding hydrogens is 1550 g/mol. The van der Waals surface area contributed by atoms with Gasteiger partial charge in [-0.1, -0.05) is 48.5 Å². The van der Waals surface area contributed by atoms with Gasteiger partial charge in [-0.15, -0.1) is 35.3 Å². The summed E-state index contributed by atoms with van der Waals surface area (Å²) in [4.78, 5) is 156. The number of imide groups is 2. The minimum absolute atomic E-state index is 0.0115. The first-order valence-corrected chi connectivity index (χ1v) is 41.2. The molecule has 37 heteroatoms. The number of ketones is 2. The van der Waals surface area contributed by atoms with Crippen molar-refractivity contribution in [3.8, 4) is 0 Å². The Morgan fingerprint density at radius 2 is 0.882 bits per heavy atom. The number of likely N-dealkylation sites (tertiary alicyclic amines) is 1. The van der Waals surface area contributed by atoms with E-state index in [0.717, 1.165) is 87.5 Å². The summed E-state index contributed by atoms with van der Waals surface area (Å²) in [6.45, 7) is 22.0. The number of Topliss-reactive ketones (excluding diaryl/α,β-unsaturated/α-hetero) is 2. The van der Waals surface area contributed by atoms with E-state index >= 15 is 0 Å². The van der Waals surface area contributed by atoms with Gasteiger partial charge in [0.25, 0.3) is 11.8 Å². The summed E-state index contributed by atoms with van der Waals surface area (Å²) in [7, 11) is 1.64. The Kier molecular flexibility index (Phi) is 35.0. The molecule has 0 saturated carbocycles. The number of thioether (sulfide) groups is 3. The Balaban J connectivity index is 0.000000406. The van der Waals surface area contributed by atoms with Crippen LogP contribution in [0.5, 0.6) is 0 Å². The van der Waals surface area contributed by atoms with Crippen molar-refractivity contribution < 1.29 is 103 Å². The van der Waals surface area contributed by atoms with Crippen LogP contribution in [-0.4, -0.2) is 241 Å². The monoisotopic (exact) mass is 1650 g/mol. The molecule has 0 aliphatic carbocycles. The van der Waals surface area contributed by atoms with Crippen molar-refractivity contribution in [2.45, 2.75) is 164 Å². The van der Waals surface area contributed by atoms with Gasteiger partial charge in [0.05, 0.1) is 41.4 Å². The molecule has 0 spiro atoms. The molecule has 4 aromatic rings. The Bertz CT molecular complexity index is 4300. The summed E-state index contributed by atoms with van der Waals surface area (Å²) in [5.74, 6) is -6.03. The molecule has 31 nitrogen and oxygen atoms in total. The van der Waals surface area contributed by atoms with Crippen molar-refractivity contribution in [2.24, 2.45) is 5.92 Å². The average molecular weight is 1650 g/mol. The number of sulfonamides is 2. The van der Waals surface area contributed by atoms with Gasteiger partial charge in [0.15, 0.2) is 5.78 Å². The van der Waals surface area contributed by atoms with Crippen molar-refractivity contribution >= 4 is 172 Å². The van der Waals surface area contributed by atoms with E-state index in [2.05, 4.69) is 38.0 Å². The molecule has 1 saturated heterocycles. The van der Waals surface area contributed by atoms with Gasteiger partial charge in [-0.2, -0.15) is 12.6 Å². The summed E-state index contributed by atoms with van der Waals surface area (Å²) in [6, 6.07) is 17.7. The molecule has 2 aliphatic heterocycles. The number of amides is 7. The molecule has 5 N–H and O–H groups in total. The van der Waals surface area contributed by atoms with E-state index in [9.17, 15) is 74.4 Å². The number of hydrogen-bond donors (Lipinski definition) is 6. The van der Waals surface area contributed by atoms with E-state index < -0.39 is 137 Å². The van der Waals surface area contributed by atoms with Crippen LogP contribution in [0.1, 0.15) is 103 Å². The number of carbonyl (C=O) groups is 12. The molecular formula is C73H103N9O22S6. The number of anilines is 2. The maximum atomic E-state index is 13.9. The van der Waals surface area contributed by atoms with Gasteiger partial charge in [0.2, 0.25) is 31.9 Å². The molecule has 110 heavy (non-hydrogen) atoms. The lowest BCUT2D eigenvalue weighted by Crippen LogP contribution is -2.46. The Morgan fingerprint density at radius 1 is 0.509 bits per heavy atom. The van der Waals surface area contributed by atoms with Gasteiger partial charge in [-0.05, 0) is 121 Å². The highest BCUT2D eigenvalue weighted by Crippen LogP contribution is 2.37. The predicted molar refractivity (Wildman–Crippen MR) is 426 cm³/mol. The summed E-state index contributed by atoms with van der Waals surface area (Å²) in [6.07, 6.45) is -1.46. The third-order valence-corrected chi connectivity index (χ3v) is 22.7. The average Bonchev–Trinajstić information content (AvgIpc) is 0.906. The number of thiol groups is 1. The number of fused-ring (bicyclic) bond motifs is 2. The molecule has 2 unspecified atom stereocenters. The molecule has 0 aromatic heterocycles. The Hall–Kier alpha value is -8.20. The molecule has 608 valence electrons. The lowest BCUT2D eigenvalue weighted by Gasteiger charge is -2.24. The van der Waals surface area contributed by atoms with Crippen molar-refractivity contribution in [1.29, 1.82) is 0 Å². The largest absolute Gasteiger partial charge is 0.467 e. The fourth-order valence-corrected chi connectivity index (χ4v) is 17.1. The van der Waals surface area contributed by atoms with Crippen LogP contribution in [0.4, 0.5) is 25.8 Å². The first kappa shape index (κ1) is 94.2. The number of alkyl carbamates (subject to hydrolysis) is 3. The van der Waals surface area contributed by atoms with Crippen LogP contribution in [0.15, 0.2) is 93.6 Å². The second-order valence-corrected chi connectivity index (χ2v) is 36.6. The zero-order chi connectivity index (χ0) is 83.4. The fourth-order valence-electron chi connectivity index (χ4n) is 10.3. The molecule has 6 atom stereocenters. The zero-order valence-electron chi connectivity index (χ0n) is 65.6. The molecule has 4 aromatic carbocycles. The topological polar surface area (TPSA) is 402 Å². The molecule has 1 fully saturated rings. The third kappa shape index (κ3) is 29.2.